The molecule has 0 amide bonds. The highest BCUT2D eigenvalue weighted by Crippen LogP contribution is 2.41. The Labute approximate surface area is 308 Å². The fourth-order valence-corrected chi connectivity index (χ4v) is 8.49. The van der Waals surface area contributed by atoms with Crippen LogP contribution >= 0.6 is 0 Å². The average molecular weight is 750 g/mol. The molecule has 0 spiro atoms. The number of aliphatic hydroxyl groups excluding tert-OH is 3. The zero-order valence-corrected chi connectivity index (χ0v) is 33.3. The van der Waals surface area contributed by atoms with E-state index < -0.39 is 114 Å². The number of methoxy groups -OCH3 is 1. The van der Waals surface area contributed by atoms with Crippen LogP contribution in [0.5, 0.6) is 0 Å². The van der Waals surface area contributed by atoms with Gasteiger partial charge in [-0.15, -0.1) is 0 Å². The van der Waals surface area contributed by atoms with Crippen molar-refractivity contribution in [2.24, 2.45) is 17.8 Å². The minimum atomic E-state index is -2.27. The molecule has 0 bridgehead atoms. The number of hydrogen-bond donors (Lipinski definition) is 6. The fraction of sp³-hybridized carbons (Fsp3) is 0.946. The molecule has 15 heteroatoms. The second kappa shape index (κ2) is 16.8. The third-order valence-corrected chi connectivity index (χ3v) is 11.8. The van der Waals surface area contributed by atoms with Crippen LogP contribution in [0.4, 0.5) is 0 Å². The SMILES string of the molecule is CCC1OC(=O)[C@H](C)C(O[C@H]2C[C@@](C)(OC)[C@@H](O)[C@H](C)O2)[C@H](C)[C@@H](O[C@@H]2O[C@H](C)C[C@H](N(C)C)[C@H]2O)[C@](C)(O)C[C@](C)(O)C(=O)[C@H](C)[C@@H](O)[C@]1(C)O. The van der Waals surface area contributed by atoms with Gasteiger partial charge in [-0.1, -0.05) is 20.8 Å². The molecule has 3 heterocycles. The molecule has 3 fully saturated rings. The van der Waals surface area contributed by atoms with E-state index in [1.807, 2.05) is 25.9 Å². The van der Waals surface area contributed by atoms with E-state index in [4.69, 9.17) is 28.4 Å². The summed E-state index contributed by atoms with van der Waals surface area (Å²) in [6, 6.07) is -0.380. The standard InChI is InChI=1S/C37H67NO14/c1-14-24-37(10,46)29(41)21(5)28(40)34(7,44)17-35(8,45)31(52-33-26(39)23(38(11)12)15-18(2)48-33)19(3)27(20(4)32(43)50-24)51-25-16-36(9,47-13)30(42)22(6)49-25/h18-27,29-31,33,39,41-42,44-46H,14-17H2,1-13H3/t18-,19+,20-,21+,22+,23+,24?,25+,26-,27?,29-,30+,31-,33+,34+,35-,36-,37-/m1/s1. The minimum Gasteiger partial charge on any atom is -0.459 e. The van der Waals surface area contributed by atoms with Crippen LogP contribution in [0.25, 0.3) is 0 Å². The van der Waals surface area contributed by atoms with Crippen LogP contribution in [0, 0.1) is 17.8 Å². The molecule has 52 heavy (non-hydrogen) atoms. The zero-order valence-electron chi connectivity index (χ0n) is 33.3. The number of ether oxygens (including phenoxy) is 6. The van der Waals surface area contributed by atoms with E-state index in [1.165, 1.54) is 34.8 Å². The molecule has 3 saturated heterocycles. The molecule has 304 valence electrons. The van der Waals surface area contributed by atoms with Gasteiger partial charge in [0.2, 0.25) is 0 Å². The van der Waals surface area contributed by atoms with Crippen molar-refractivity contribution in [1.29, 1.82) is 0 Å². The Balaban J connectivity index is 2.22. The third-order valence-electron chi connectivity index (χ3n) is 11.8. The summed E-state index contributed by atoms with van der Waals surface area (Å²) in [6.45, 7) is 15.3. The number of rotatable bonds is 7. The normalized spacial score (nSPS) is 50.5. The molecule has 0 aromatic rings. The molecule has 3 aliphatic heterocycles. The first-order chi connectivity index (χ1) is 23.7. The van der Waals surface area contributed by atoms with E-state index in [0.717, 1.165) is 0 Å². The lowest BCUT2D eigenvalue weighted by Crippen LogP contribution is -2.63. The van der Waals surface area contributed by atoms with Gasteiger partial charge in [0.1, 0.15) is 29.5 Å². The number of Topliss-reactive ketones (excluding diaryl/α,β-unsaturated/α-hetero) is 1. The molecule has 18 atom stereocenters. The van der Waals surface area contributed by atoms with Gasteiger partial charge in [-0.2, -0.15) is 0 Å². The summed E-state index contributed by atoms with van der Waals surface area (Å²) >= 11 is 0. The first kappa shape index (κ1) is 45.1. The molecule has 0 saturated carbocycles. The van der Waals surface area contributed by atoms with Crippen LogP contribution in [-0.4, -0.2) is 158 Å². The van der Waals surface area contributed by atoms with Crippen molar-refractivity contribution < 1.29 is 68.6 Å². The van der Waals surface area contributed by atoms with Gasteiger partial charge >= 0.3 is 5.97 Å². The average Bonchev–Trinajstić information content (AvgIpc) is 3.05. The number of aliphatic hydroxyl groups is 6. The first-order valence-corrected chi connectivity index (χ1v) is 18.5. The van der Waals surface area contributed by atoms with Gasteiger partial charge in [0.15, 0.2) is 18.4 Å². The summed E-state index contributed by atoms with van der Waals surface area (Å²) in [7, 11) is 5.09. The van der Waals surface area contributed by atoms with Crippen LogP contribution < -0.4 is 0 Å². The quantitative estimate of drug-likeness (QED) is 0.200. The van der Waals surface area contributed by atoms with Crippen LogP contribution in [-0.2, 0) is 38.0 Å². The number of cyclic esters (lactones) is 1. The van der Waals surface area contributed by atoms with Crippen molar-refractivity contribution in [2.45, 2.75) is 185 Å². The van der Waals surface area contributed by atoms with E-state index in [-0.39, 0.29) is 25.0 Å². The predicted molar refractivity (Wildman–Crippen MR) is 188 cm³/mol. The molecule has 6 N–H and O–H groups in total. The van der Waals surface area contributed by atoms with Crippen molar-refractivity contribution in [2.75, 3.05) is 21.2 Å². The van der Waals surface area contributed by atoms with Crippen LogP contribution in [0.2, 0.25) is 0 Å². The Morgan fingerprint density at radius 2 is 1.48 bits per heavy atom. The number of carbonyl (C=O) groups excluding carboxylic acids is 2. The first-order valence-electron chi connectivity index (χ1n) is 18.5. The van der Waals surface area contributed by atoms with Crippen LogP contribution in [0.1, 0.15) is 94.9 Å². The zero-order chi connectivity index (χ0) is 39.9. The second-order valence-corrected chi connectivity index (χ2v) is 16.8. The topological polar surface area (TPSA) is 214 Å². The maximum atomic E-state index is 14.1. The molecule has 15 nitrogen and oxygen atoms in total. The number of ketones is 1. The van der Waals surface area contributed by atoms with Crippen LogP contribution in [0.3, 0.4) is 0 Å². The molecule has 0 aromatic heterocycles. The number of esters is 1. The highest BCUT2D eigenvalue weighted by atomic mass is 16.7. The maximum absolute atomic E-state index is 14.1. The van der Waals surface area contributed by atoms with E-state index >= 15 is 0 Å². The van der Waals surface area contributed by atoms with Crippen molar-refractivity contribution >= 4 is 11.8 Å². The Morgan fingerprint density at radius 3 is 2.02 bits per heavy atom. The van der Waals surface area contributed by atoms with Crippen molar-refractivity contribution in [1.82, 2.24) is 4.90 Å². The number of likely N-dealkylation sites (N-methyl/N-ethyl adjacent to an activating group) is 1. The number of carbonyl (C=O) groups is 2. The van der Waals surface area contributed by atoms with E-state index in [9.17, 15) is 40.2 Å². The van der Waals surface area contributed by atoms with Crippen molar-refractivity contribution in [3.63, 3.8) is 0 Å². The molecule has 3 rings (SSSR count). The highest BCUT2D eigenvalue weighted by Gasteiger charge is 2.55. The van der Waals surface area contributed by atoms with Gasteiger partial charge in [0.05, 0.1) is 47.6 Å². The van der Waals surface area contributed by atoms with Gasteiger partial charge in [-0.05, 0) is 75.4 Å². The van der Waals surface area contributed by atoms with Gasteiger partial charge < -0.3 is 64.0 Å². The van der Waals surface area contributed by atoms with Gasteiger partial charge in [-0.3, -0.25) is 9.59 Å². The van der Waals surface area contributed by atoms with E-state index in [0.29, 0.717) is 6.42 Å². The monoisotopic (exact) mass is 749 g/mol. The summed E-state index contributed by atoms with van der Waals surface area (Å²) in [5, 5.41) is 69.4. The Morgan fingerprint density at radius 1 is 0.885 bits per heavy atom. The Kier molecular flexibility index (Phi) is 14.6. The summed E-state index contributed by atoms with van der Waals surface area (Å²) in [6.07, 6.45) is -11.2. The lowest BCUT2D eigenvalue weighted by atomic mass is 9.72. The minimum absolute atomic E-state index is 0.0496. The smallest absolute Gasteiger partial charge is 0.311 e. The van der Waals surface area contributed by atoms with E-state index in [1.54, 1.807) is 34.6 Å². The second-order valence-electron chi connectivity index (χ2n) is 16.8. The molecular weight excluding hydrogens is 682 g/mol. The number of hydrogen-bond acceptors (Lipinski definition) is 15. The third kappa shape index (κ3) is 9.36. The fourth-order valence-electron chi connectivity index (χ4n) is 8.49. The summed E-state index contributed by atoms with van der Waals surface area (Å²) in [5.41, 5.74) is -7.56. The summed E-state index contributed by atoms with van der Waals surface area (Å²) in [5.74, 6) is -5.15. The molecule has 2 unspecified atom stereocenters. The number of nitrogens with zero attached hydrogens (tertiary/aromatic N) is 1. The molecular formula is C37H67NO14. The van der Waals surface area contributed by atoms with Gasteiger partial charge in [0.25, 0.3) is 0 Å². The lowest BCUT2D eigenvalue weighted by molar-refractivity contribution is -0.319. The summed E-state index contributed by atoms with van der Waals surface area (Å²) < 4.78 is 36.8. The molecule has 0 aliphatic carbocycles. The van der Waals surface area contributed by atoms with E-state index in [2.05, 4.69) is 0 Å². The summed E-state index contributed by atoms with van der Waals surface area (Å²) in [4.78, 5) is 29.8. The largest absolute Gasteiger partial charge is 0.459 e. The van der Waals surface area contributed by atoms with Gasteiger partial charge in [-0.25, -0.2) is 0 Å². The van der Waals surface area contributed by atoms with Crippen LogP contribution in [0.15, 0.2) is 0 Å². The highest BCUT2D eigenvalue weighted by molar-refractivity contribution is 5.89. The van der Waals surface area contributed by atoms with Gasteiger partial charge in [0, 0.05) is 37.8 Å². The van der Waals surface area contributed by atoms with Crippen molar-refractivity contribution in [3.8, 4) is 0 Å². The maximum Gasteiger partial charge on any atom is 0.311 e. The Bertz CT molecular complexity index is 1210. The molecule has 3 aliphatic rings. The molecule has 0 radical (unpaired) electrons. The molecule has 0 aromatic carbocycles. The predicted octanol–water partition coefficient (Wildman–Crippen LogP) is 0.901. The lowest BCUT2D eigenvalue weighted by Gasteiger charge is -2.49. The van der Waals surface area contributed by atoms with Crippen molar-refractivity contribution in [3.05, 3.63) is 0 Å². The Hall–Kier alpha value is -1.34.